The Morgan fingerprint density at radius 2 is 1.95 bits per heavy atom. The van der Waals surface area contributed by atoms with Gasteiger partial charge < -0.3 is 16.0 Å². The maximum absolute atomic E-state index is 12.9. The van der Waals surface area contributed by atoms with E-state index in [0.29, 0.717) is 0 Å². The number of rotatable bonds is 4. The molecule has 0 saturated carbocycles. The van der Waals surface area contributed by atoms with Crippen LogP contribution in [-0.2, 0) is 4.79 Å². The molecular weight excluding hydrogens is 294 g/mol. The molecule has 0 unspecified atom stereocenters. The number of nitrogen functional groups attached to an aromatic ring is 1. The molecule has 3 N–H and O–H groups in total. The number of halogens is 4. The van der Waals surface area contributed by atoms with Gasteiger partial charge in [0.15, 0.2) is 0 Å². The van der Waals surface area contributed by atoms with Gasteiger partial charge in [0.1, 0.15) is 12.4 Å². The van der Waals surface area contributed by atoms with Gasteiger partial charge in [-0.05, 0) is 18.2 Å². The fraction of sp³-hybridized carbons (Fsp3) is 0.333. The van der Waals surface area contributed by atoms with Crippen LogP contribution in [0.1, 0.15) is 10.4 Å². The van der Waals surface area contributed by atoms with E-state index >= 15 is 0 Å². The fourth-order valence-corrected chi connectivity index (χ4v) is 1.48. The second kappa shape index (κ2) is 6.42. The van der Waals surface area contributed by atoms with E-state index in [4.69, 9.17) is 5.73 Å². The van der Waals surface area contributed by atoms with Crippen molar-refractivity contribution < 1.29 is 27.2 Å². The van der Waals surface area contributed by atoms with Crippen molar-refractivity contribution >= 4 is 17.5 Å². The summed E-state index contributed by atoms with van der Waals surface area (Å²) in [5.41, 5.74) is 5.31. The highest BCUT2D eigenvalue weighted by Crippen LogP contribution is 2.15. The first-order valence-electron chi connectivity index (χ1n) is 5.74. The van der Waals surface area contributed by atoms with Gasteiger partial charge in [0, 0.05) is 12.7 Å². The lowest BCUT2D eigenvalue weighted by Gasteiger charge is -2.18. The second-order valence-corrected chi connectivity index (χ2v) is 4.28. The van der Waals surface area contributed by atoms with E-state index in [-0.39, 0.29) is 11.3 Å². The molecule has 2 amide bonds. The average molecular weight is 307 g/mol. The number of nitrogens with zero attached hydrogens (tertiary/aromatic N) is 1. The van der Waals surface area contributed by atoms with Crippen LogP contribution in [0, 0.1) is 5.82 Å². The van der Waals surface area contributed by atoms with Crippen molar-refractivity contribution in [1.29, 1.82) is 0 Å². The third-order valence-corrected chi connectivity index (χ3v) is 2.46. The first-order chi connectivity index (χ1) is 9.60. The van der Waals surface area contributed by atoms with Crippen molar-refractivity contribution in [2.75, 3.05) is 25.9 Å². The lowest BCUT2D eigenvalue weighted by atomic mass is 10.1. The number of amides is 2. The van der Waals surface area contributed by atoms with Gasteiger partial charge in [-0.1, -0.05) is 0 Å². The summed E-state index contributed by atoms with van der Waals surface area (Å²) in [5, 5.41) is 1.63. The van der Waals surface area contributed by atoms with Crippen LogP contribution in [0.2, 0.25) is 0 Å². The molecule has 0 fully saturated rings. The molecular formula is C12H13F4N3O2. The number of nitrogens with two attached hydrogens (primary N) is 1. The van der Waals surface area contributed by atoms with Crippen LogP contribution in [0.4, 0.5) is 23.2 Å². The Hall–Kier alpha value is -2.32. The second-order valence-electron chi connectivity index (χ2n) is 4.28. The summed E-state index contributed by atoms with van der Waals surface area (Å²) in [5.74, 6) is -2.30. The van der Waals surface area contributed by atoms with Crippen molar-refractivity contribution in [2.45, 2.75) is 6.18 Å². The van der Waals surface area contributed by atoms with E-state index in [9.17, 15) is 27.2 Å². The zero-order valence-electron chi connectivity index (χ0n) is 11.0. The summed E-state index contributed by atoms with van der Waals surface area (Å²) in [7, 11) is 1.22. The Bertz CT molecular complexity index is 546. The summed E-state index contributed by atoms with van der Waals surface area (Å²) in [6.45, 7) is -2.06. The predicted molar refractivity (Wildman–Crippen MR) is 66.8 cm³/mol. The van der Waals surface area contributed by atoms with Gasteiger partial charge >= 0.3 is 6.18 Å². The minimum Gasteiger partial charge on any atom is -0.398 e. The smallest absolute Gasteiger partial charge is 0.398 e. The van der Waals surface area contributed by atoms with E-state index in [0.717, 1.165) is 23.1 Å². The number of hydrogen-bond acceptors (Lipinski definition) is 3. The van der Waals surface area contributed by atoms with Crippen molar-refractivity contribution in [3.63, 3.8) is 0 Å². The van der Waals surface area contributed by atoms with E-state index in [1.807, 2.05) is 0 Å². The minimum absolute atomic E-state index is 0.0393. The summed E-state index contributed by atoms with van der Waals surface area (Å²) in [6.07, 6.45) is -4.53. The molecule has 0 aromatic heterocycles. The first-order valence-corrected chi connectivity index (χ1v) is 5.74. The van der Waals surface area contributed by atoms with Crippen molar-refractivity contribution in [3.05, 3.63) is 29.6 Å². The number of carbonyl (C=O) groups is 2. The van der Waals surface area contributed by atoms with E-state index < -0.39 is 36.9 Å². The number of hydrogen-bond donors (Lipinski definition) is 2. The van der Waals surface area contributed by atoms with Gasteiger partial charge in [0.25, 0.3) is 5.91 Å². The molecule has 1 aromatic carbocycles. The summed E-state index contributed by atoms with van der Waals surface area (Å²) in [6, 6.07) is 3.09. The summed E-state index contributed by atoms with van der Waals surface area (Å²) in [4.78, 5) is 24.1. The summed E-state index contributed by atoms with van der Waals surface area (Å²) >= 11 is 0. The van der Waals surface area contributed by atoms with Gasteiger partial charge in [-0.2, -0.15) is 13.2 Å². The highest BCUT2D eigenvalue weighted by molar-refractivity contribution is 6.00. The molecule has 0 radical (unpaired) electrons. The third-order valence-electron chi connectivity index (χ3n) is 2.46. The predicted octanol–water partition coefficient (Wildman–Crippen LogP) is 1.16. The molecule has 0 aliphatic rings. The van der Waals surface area contributed by atoms with Crippen LogP contribution >= 0.6 is 0 Å². The maximum Gasteiger partial charge on any atom is 0.405 e. The van der Waals surface area contributed by atoms with Gasteiger partial charge in [-0.3, -0.25) is 9.59 Å². The molecule has 0 heterocycles. The number of likely N-dealkylation sites (N-methyl/N-ethyl adjacent to an activating group) is 1. The van der Waals surface area contributed by atoms with Crippen molar-refractivity contribution in [3.8, 4) is 0 Å². The monoisotopic (exact) mass is 307 g/mol. The molecule has 1 rings (SSSR count). The highest BCUT2D eigenvalue weighted by Gasteiger charge is 2.28. The number of benzene rings is 1. The standard InChI is InChI=1S/C12H13F4N3O2/c1-19(5-10(20)18-6-12(14,15)16)11(21)8-3-2-7(13)4-9(8)17/h2-4H,5-6,17H2,1H3,(H,18,20). The molecule has 0 saturated heterocycles. The Labute approximate surface area is 117 Å². The summed E-state index contributed by atoms with van der Waals surface area (Å²) < 4.78 is 48.6. The molecule has 0 aliphatic heterocycles. The number of carbonyl (C=O) groups excluding carboxylic acids is 2. The fourth-order valence-electron chi connectivity index (χ4n) is 1.48. The Morgan fingerprint density at radius 3 is 2.48 bits per heavy atom. The molecule has 9 heteroatoms. The average Bonchev–Trinajstić information content (AvgIpc) is 2.34. The minimum atomic E-state index is -4.53. The molecule has 1 aromatic rings. The van der Waals surface area contributed by atoms with Gasteiger partial charge in [-0.15, -0.1) is 0 Å². The number of nitrogens with one attached hydrogen (secondary N) is 1. The topological polar surface area (TPSA) is 75.4 Å². The van der Waals surface area contributed by atoms with Crippen LogP contribution in [0.5, 0.6) is 0 Å². The van der Waals surface area contributed by atoms with Crippen LogP contribution in [0.15, 0.2) is 18.2 Å². The molecule has 116 valence electrons. The van der Waals surface area contributed by atoms with Gasteiger partial charge in [0.05, 0.1) is 12.1 Å². The van der Waals surface area contributed by atoms with E-state index in [1.54, 1.807) is 5.32 Å². The molecule has 0 aliphatic carbocycles. The van der Waals surface area contributed by atoms with Crippen LogP contribution in [0.3, 0.4) is 0 Å². The highest BCUT2D eigenvalue weighted by atomic mass is 19.4. The first kappa shape index (κ1) is 16.7. The molecule has 0 bridgehead atoms. The molecule has 0 spiro atoms. The Morgan fingerprint density at radius 1 is 1.33 bits per heavy atom. The van der Waals surface area contributed by atoms with Crippen LogP contribution in [0.25, 0.3) is 0 Å². The zero-order valence-corrected chi connectivity index (χ0v) is 11.0. The van der Waals surface area contributed by atoms with Crippen LogP contribution < -0.4 is 11.1 Å². The molecule has 0 atom stereocenters. The van der Waals surface area contributed by atoms with Crippen molar-refractivity contribution in [2.24, 2.45) is 0 Å². The lowest BCUT2D eigenvalue weighted by Crippen LogP contribution is -2.41. The van der Waals surface area contributed by atoms with Crippen LogP contribution in [-0.4, -0.2) is 43.0 Å². The SMILES string of the molecule is CN(CC(=O)NCC(F)(F)F)C(=O)c1ccc(F)cc1N. The number of anilines is 1. The molecule has 5 nitrogen and oxygen atoms in total. The van der Waals surface area contributed by atoms with Crippen molar-refractivity contribution in [1.82, 2.24) is 10.2 Å². The Balaban J connectivity index is 2.64. The largest absolute Gasteiger partial charge is 0.405 e. The quantitative estimate of drug-likeness (QED) is 0.647. The normalized spacial score (nSPS) is 11.1. The maximum atomic E-state index is 12.9. The van der Waals surface area contributed by atoms with E-state index in [1.165, 1.54) is 7.05 Å². The van der Waals surface area contributed by atoms with Gasteiger partial charge in [0.2, 0.25) is 5.91 Å². The Kier molecular flexibility index (Phi) is 5.12. The molecule has 21 heavy (non-hydrogen) atoms. The zero-order chi connectivity index (χ0) is 16.2. The lowest BCUT2D eigenvalue weighted by molar-refractivity contribution is -0.138. The van der Waals surface area contributed by atoms with Gasteiger partial charge in [-0.25, -0.2) is 4.39 Å². The third kappa shape index (κ3) is 5.28. The number of alkyl halides is 3. The van der Waals surface area contributed by atoms with E-state index in [2.05, 4.69) is 0 Å².